The molecular weight excluding hydrogens is 1650 g/mol. The second-order valence-electron chi connectivity index (χ2n) is 43.8. The smallest absolute Gasteiger partial charge is 0.343 e. The van der Waals surface area contributed by atoms with Crippen LogP contribution in [0.1, 0.15) is 436 Å². The van der Waals surface area contributed by atoms with Gasteiger partial charge in [0.05, 0.1) is 34.4 Å². The summed E-state index contributed by atoms with van der Waals surface area (Å²) in [7, 11) is 0. The van der Waals surface area contributed by atoms with Crippen LogP contribution in [0.25, 0.3) is 22.5 Å². The highest BCUT2D eigenvalue weighted by molar-refractivity contribution is 5.91. The maximum atomic E-state index is 12.3. The van der Waals surface area contributed by atoms with Crippen molar-refractivity contribution in [3.63, 3.8) is 0 Å². The molecule has 1 aromatic heterocycles. The number of aromatic nitrogens is 2. The minimum absolute atomic E-state index is 0.00610. The molecule has 0 aliphatic heterocycles. The van der Waals surface area contributed by atoms with Crippen molar-refractivity contribution in [3.8, 4) is 46.2 Å². The molecular formula is C127H180N4O4. The summed E-state index contributed by atoms with van der Waals surface area (Å²) in [4.78, 5) is 33.7. The Balaban J connectivity index is 0.000000168. The van der Waals surface area contributed by atoms with Gasteiger partial charge in [0.15, 0.2) is 5.82 Å². The maximum absolute atomic E-state index is 12.3. The van der Waals surface area contributed by atoms with E-state index in [9.17, 15) is 20.1 Å². The van der Waals surface area contributed by atoms with Crippen LogP contribution in [0.2, 0.25) is 0 Å². The van der Waals surface area contributed by atoms with Crippen molar-refractivity contribution in [2.75, 3.05) is 0 Å². The molecule has 7 fully saturated rings. The molecule has 7 aliphatic carbocycles. The first-order valence-electron chi connectivity index (χ1n) is 55.3. The lowest BCUT2D eigenvalue weighted by molar-refractivity contribution is -0.140. The number of carbonyl (C=O) groups is 2. The summed E-state index contributed by atoms with van der Waals surface area (Å²) >= 11 is 0. The number of nitriles is 2. The zero-order valence-corrected chi connectivity index (χ0v) is 86.9. The normalized spacial score (nSPS) is 24.8. The molecule has 0 spiro atoms. The van der Waals surface area contributed by atoms with E-state index in [1.54, 1.807) is 0 Å². The molecule has 7 saturated carbocycles. The molecule has 0 radical (unpaired) electrons. The van der Waals surface area contributed by atoms with Crippen molar-refractivity contribution in [1.29, 1.82) is 10.5 Å². The second-order valence-corrected chi connectivity index (χ2v) is 43.8. The Morgan fingerprint density at radius 3 is 1.27 bits per heavy atom. The first-order valence-corrected chi connectivity index (χ1v) is 55.3. The van der Waals surface area contributed by atoms with Crippen LogP contribution >= 0.6 is 0 Å². The van der Waals surface area contributed by atoms with E-state index in [0.717, 1.165) is 127 Å². The number of hydrogen-bond donors (Lipinski definition) is 0. The third kappa shape index (κ3) is 37.0. The number of benzene rings is 7. The number of aryl methyl sites for hydroxylation is 6. The fourth-order valence-corrected chi connectivity index (χ4v) is 23.2. The van der Waals surface area contributed by atoms with Gasteiger partial charge in [0.25, 0.3) is 0 Å². The van der Waals surface area contributed by atoms with E-state index in [-0.39, 0.29) is 28.7 Å². The predicted octanol–water partition coefficient (Wildman–Crippen LogP) is 36.8. The van der Waals surface area contributed by atoms with Crippen molar-refractivity contribution in [3.05, 3.63) is 238 Å². The average molecular weight is 1830 g/mol. The quantitative estimate of drug-likeness (QED) is 0.0226. The number of nitrogens with zero attached hydrogens (tertiary/aromatic N) is 4. The predicted molar refractivity (Wildman–Crippen MR) is 569 cm³/mol. The third-order valence-corrected chi connectivity index (χ3v) is 32.9. The first kappa shape index (κ1) is 109. The van der Waals surface area contributed by atoms with Crippen LogP contribution in [0, 0.1) is 121 Å². The van der Waals surface area contributed by atoms with Crippen LogP contribution in [0.15, 0.2) is 182 Å². The van der Waals surface area contributed by atoms with Crippen molar-refractivity contribution in [1.82, 2.24) is 9.97 Å². The lowest BCUT2D eigenvalue weighted by atomic mass is 9.65. The van der Waals surface area contributed by atoms with Crippen molar-refractivity contribution < 1.29 is 19.1 Å². The second kappa shape index (κ2) is 59.1. The van der Waals surface area contributed by atoms with Gasteiger partial charge < -0.3 is 9.47 Å². The highest BCUT2D eigenvalue weighted by atomic mass is 16.5. The lowest BCUT2D eigenvalue weighted by Crippen LogP contribution is -2.29. The molecule has 3 atom stereocenters. The van der Waals surface area contributed by atoms with Crippen molar-refractivity contribution >= 4 is 11.9 Å². The molecule has 1 heterocycles. The van der Waals surface area contributed by atoms with Gasteiger partial charge in [-0.2, -0.15) is 10.5 Å². The molecule has 7 aliphatic rings. The molecule has 0 bridgehead atoms. The molecule has 8 heteroatoms. The molecule has 8 nitrogen and oxygen atoms in total. The summed E-state index contributed by atoms with van der Waals surface area (Å²) in [6.45, 7) is 28.9. The molecule has 7 aromatic carbocycles. The minimum Gasteiger partial charge on any atom is -0.426 e. The van der Waals surface area contributed by atoms with Crippen LogP contribution in [-0.4, -0.2) is 21.9 Å². The zero-order chi connectivity index (χ0) is 96.0. The van der Waals surface area contributed by atoms with Crippen LogP contribution in [0.5, 0.6) is 11.5 Å². The Morgan fingerprint density at radius 2 is 0.785 bits per heavy atom. The average Bonchev–Trinajstić information content (AvgIpc) is 0.791. The van der Waals surface area contributed by atoms with Crippen LogP contribution in [0.3, 0.4) is 0 Å². The monoisotopic (exact) mass is 1830 g/mol. The van der Waals surface area contributed by atoms with Crippen LogP contribution < -0.4 is 9.47 Å². The van der Waals surface area contributed by atoms with Gasteiger partial charge in [-0.25, -0.2) is 14.8 Å². The Labute approximate surface area is 822 Å². The molecule has 0 saturated heterocycles. The van der Waals surface area contributed by atoms with E-state index >= 15 is 0 Å². The molecule has 135 heavy (non-hydrogen) atoms. The summed E-state index contributed by atoms with van der Waals surface area (Å²) in [5.41, 5.74) is 15.8. The Hall–Kier alpha value is -8.46. The minimum atomic E-state index is -0.291. The topological polar surface area (TPSA) is 126 Å². The van der Waals surface area contributed by atoms with E-state index in [1.165, 1.54) is 319 Å². The standard InChI is InChI=1S/C25H31N.C24H30O2.C20H26N2.C20H32.C19H33N.C19H28O2/c1-3-4-5-6-21-7-9-22(10-8-21)23-11-13-24(14-12-23)25(19-26)17-15-20(2)16-18-25;1-4-5-19-8-13-22(16-18(19)3)20-9-11-21(12-10-20)24(25)26-23-14-6-17(2)7-15-23;1-3-4-16-7-11-17(12-8-16)19-13-21-20(22-14-19)18-9-5-15(2)6-10-18;1-3-4-5-6-18-11-13-20(14-12-18)16-15-19-9-7-17(2)8-10-19;1-3-4-5-6-16-7-9-17(10-8-16)18-11-13-19(2,15-20)14-12-18;1-3-4-5-6-16-9-11-17(12-10-16)19(20)21-18-13-7-15(2)8-14-18/h7-14,20H,3-6,15-18H2,1-2H3;6-7,9-12,14-15,18-19,22H,4-5,8,13,16H2,1-3H3;5-6,9-10,13-14,16-17H,3-4,7-8,11-12H2,1-2H3;7-10,18,20H,3-6,11-16H2,1-2H3;16-18H,3-14H2,1-2H3;7-8,13-14,16-17H,3-6,9-12H2,1-2H3. The highest BCUT2D eigenvalue weighted by Gasteiger charge is 2.38. The highest BCUT2D eigenvalue weighted by Crippen LogP contribution is 2.48. The zero-order valence-electron chi connectivity index (χ0n) is 86.9. The number of hydrogen-bond acceptors (Lipinski definition) is 8. The van der Waals surface area contributed by atoms with Gasteiger partial charge in [0, 0.05) is 18.0 Å². The van der Waals surface area contributed by atoms with E-state index < -0.39 is 0 Å². The Morgan fingerprint density at radius 1 is 0.370 bits per heavy atom. The molecule has 732 valence electrons. The number of rotatable bonds is 33. The molecule has 8 aromatic rings. The molecule has 0 amide bonds. The van der Waals surface area contributed by atoms with Crippen molar-refractivity contribution in [2.45, 2.75) is 422 Å². The summed E-state index contributed by atoms with van der Waals surface area (Å²) in [5, 5.41) is 19.1. The van der Waals surface area contributed by atoms with Crippen molar-refractivity contribution in [2.24, 2.45) is 70.5 Å². The van der Waals surface area contributed by atoms with Gasteiger partial charge in [-0.05, 0) is 341 Å². The lowest BCUT2D eigenvalue weighted by Gasteiger charge is -2.39. The van der Waals surface area contributed by atoms with E-state index in [1.807, 2.05) is 86.9 Å². The van der Waals surface area contributed by atoms with Gasteiger partial charge in [-0.15, -0.1) is 0 Å². The first-order chi connectivity index (χ1) is 65.6. The van der Waals surface area contributed by atoms with Gasteiger partial charge in [-0.3, -0.25) is 4.79 Å². The largest absolute Gasteiger partial charge is 0.426 e. The third-order valence-electron chi connectivity index (χ3n) is 32.9. The van der Waals surface area contributed by atoms with E-state index in [0.29, 0.717) is 28.9 Å². The van der Waals surface area contributed by atoms with E-state index in [4.69, 9.17) is 9.47 Å². The summed E-state index contributed by atoms with van der Waals surface area (Å²) in [5.74, 6) is 12.4. The fraction of sp³-hybridized carbons (Fsp3) is 0.606. The number of esters is 2. The van der Waals surface area contributed by atoms with Crippen LogP contribution in [0.4, 0.5) is 0 Å². The number of ether oxygens (including phenoxy) is 2. The number of carbonyl (C=O) groups excluding carboxylic acids is 2. The number of unbranched alkanes of at least 4 members (excludes halogenated alkanes) is 8. The van der Waals surface area contributed by atoms with Gasteiger partial charge >= 0.3 is 11.9 Å². The summed E-state index contributed by atoms with van der Waals surface area (Å²) < 4.78 is 11.0. The molecule has 15 rings (SSSR count). The molecule has 0 N–H and O–H groups in total. The van der Waals surface area contributed by atoms with Gasteiger partial charge in [0.2, 0.25) is 0 Å². The Kier molecular flexibility index (Phi) is 47.5. The fourth-order valence-electron chi connectivity index (χ4n) is 23.2. The SMILES string of the molecule is CCCC1CCC(c2ccc(C(=O)Oc3ccc(C)cc3)cc2)CC1C.CCCC1CCC(c2cnc(-c3ccc(C)cc3)nc2)CC1.CCCCCC1CCC(C(=O)Oc2ccc(C)cc2)CC1.CCCCCC1CCC(C2CCC(C)(C#N)CC2)CC1.CCCCCC1CCC(CCc2ccc(C)cc2)CC1.CCCCCc1ccc(-c2ccc(C3(C#N)CCC(C)CC3)cc2)cc1. The summed E-state index contributed by atoms with van der Waals surface area (Å²) in [6, 6.07) is 63.8. The van der Waals surface area contributed by atoms with Gasteiger partial charge in [0.1, 0.15) is 11.5 Å². The van der Waals surface area contributed by atoms with Crippen LogP contribution in [-0.2, 0) is 23.1 Å². The maximum Gasteiger partial charge on any atom is 0.343 e. The molecule has 3 unspecified atom stereocenters. The van der Waals surface area contributed by atoms with E-state index in [2.05, 4.69) is 207 Å². The van der Waals surface area contributed by atoms with Gasteiger partial charge in [-0.1, -0.05) is 365 Å². The Bertz CT molecular complexity index is 4640. The summed E-state index contributed by atoms with van der Waals surface area (Å²) in [6.07, 6.45) is 68.7.